The highest BCUT2D eigenvalue weighted by Gasteiger charge is 2.12. The molecule has 8 nitrogen and oxygen atoms in total. The molecule has 1 aromatic carbocycles. The molecule has 20 heavy (non-hydrogen) atoms. The fourth-order valence-electron chi connectivity index (χ4n) is 1.43. The lowest BCUT2D eigenvalue weighted by molar-refractivity contribution is -0.385. The normalized spacial score (nSPS) is 10.1. The molecule has 0 unspecified atom stereocenters. The summed E-state index contributed by atoms with van der Waals surface area (Å²) >= 11 is 0. The van der Waals surface area contributed by atoms with Gasteiger partial charge in [0.2, 0.25) is 0 Å². The van der Waals surface area contributed by atoms with Gasteiger partial charge in [0.1, 0.15) is 5.75 Å². The first-order valence-electron chi connectivity index (χ1n) is 5.85. The Balaban J connectivity index is 2.59. The number of nitro groups is 1. The molecule has 0 spiro atoms. The summed E-state index contributed by atoms with van der Waals surface area (Å²) in [6.45, 7) is 0.105. The summed E-state index contributed by atoms with van der Waals surface area (Å²) in [7, 11) is 1.52. The number of amides is 1. The number of carbonyl (C=O) groups is 1. The fraction of sp³-hybridized carbons (Fsp3) is 0.417. The van der Waals surface area contributed by atoms with Crippen molar-refractivity contribution in [2.24, 2.45) is 0 Å². The summed E-state index contributed by atoms with van der Waals surface area (Å²) in [5.74, 6) is -0.107. The maximum Gasteiger partial charge on any atom is 0.270 e. The molecule has 0 aliphatic heterocycles. The van der Waals surface area contributed by atoms with Crippen LogP contribution in [0.25, 0.3) is 0 Å². The standard InChI is InChI=1S/C12H16N2O6/c1-19-5-4-13-12(16)8-20-11-3-2-10(14(17)18)6-9(11)7-15/h2-3,6,15H,4-5,7-8H2,1H3,(H,13,16). The highest BCUT2D eigenvalue weighted by molar-refractivity contribution is 5.77. The topological polar surface area (TPSA) is 111 Å². The lowest BCUT2D eigenvalue weighted by Gasteiger charge is -2.10. The second kappa shape index (κ2) is 8.08. The van der Waals surface area contributed by atoms with E-state index >= 15 is 0 Å². The molecule has 0 aliphatic carbocycles. The Kier molecular flexibility index (Phi) is 6.41. The molecule has 1 aromatic rings. The van der Waals surface area contributed by atoms with Crippen molar-refractivity contribution in [1.29, 1.82) is 0 Å². The monoisotopic (exact) mass is 284 g/mol. The third kappa shape index (κ3) is 4.82. The van der Waals surface area contributed by atoms with Crippen LogP contribution in [0.2, 0.25) is 0 Å². The smallest absolute Gasteiger partial charge is 0.270 e. The van der Waals surface area contributed by atoms with Crippen LogP contribution in [0, 0.1) is 10.1 Å². The zero-order chi connectivity index (χ0) is 15.0. The molecule has 0 fully saturated rings. The Morgan fingerprint density at radius 2 is 2.25 bits per heavy atom. The van der Waals surface area contributed by atoms with E-state index in [1.807, 2.05) is 0 Å². The van der Waals surface area contributed by atoms with Gasteiger partial charge in [-0.2, -0.15) is 0 Å². The molecule has 0 heterocycles. The zero-order valence-electron chi connectivity index (χ0n) is 11.0. The van der Waals surface area contributed by atoms with E-state index in [0.29, 0.717) is 13.2 Å². The van der Waals surface area contributed by atoms with Crippen LogP contribution in [0.3, 0.4) is 0 Å². The van der Waals surface area contributed by atoms with Gasteiger partial charge in [0, 0.05) is 31.4 Å². The van der Waals surface area contributed by atoms with Gasteiger partial charge in [-0.1, -0.05) is 0 Å². The second-order valence-corrected chi connectivity index (χ2v) is 3.84. The van der Waals surface area contributed by atoms with Crippen LogP contribution < -0.4 is 10.1 Å². The predicted molar refractivity (Wildman–Crippen MR) is 69.4 cm³/mol. The number of nitrogens with one attached hydrogen (secondary N) is 1. The number of rotatable bonds is 8. The van der Waals surface area contributed by atoms with Gasteiger partial charge in [0.15, 0.2) is 6.61 Å². The van der Waals surface area contributed by atoms with Gasteiger partial charge in [0.25, 0.3) is 11.6 Å². The number of non-ortho nitro benzene ring substituents is 1. The first-order chi connectivity index (χ1) is 9.58. The lowest BCUT2D eigenvalue weighted by Crippen LogP contribution is -2.31. The lowest BCUT2D eigenvalue weighted by atomic mass is 10.2. The predicted octanol–water partition coefficient (Wildman–Crippen LogP) is 0.228. The van der Waals surface area contributed by atoms with Crippen molar-refractivity contribution >= 4 is 11.6 Å². The molecule has 2 N–H and O–H groups in total. The van der Waals surface area contributed by atoms with E-state index < -0.39 is 11.5 Å². The third-order valence-corrected chi connectivity index (χ3v) is 2.41. The number of carbonyl (C=O) groups excluding carboxylic acids is 1. The van der Waals surface area contributed by atoms with Crippen molar-refractivity contribution in [2.75, 3.05) is 26.9 Å². The number of aliphatic hydroxyl groups excluding tert-OH is 1. The quantitative estimate of drug-likeness (QED) is 0.401. The van der Waals surface area contributed by atoms with Gasteiger partial charge in [-0.15, -0.1) is 0 Å². The summed E-state index contributed by atoms with van der Waals surface area (Å²) in [4.78, 5) is 21.4. The van der Waals surface area contributed by atoms with Gasteiger partial charge in [-0.3, -0.25) is 14.9 Å². The molecule has 0 saturated heterocycles. The molecule has 0 saturated carbocycles. The molecule has 110 valence electrons. The average Bonchev–Trinajstić information content (AvgIpc) is 2.45. The largest absolute Gasteiger partial charge is 0.483 e. The molecule has 0 aromatic heterocycles. The van der Waals surface area contributed by atoms with Gasteiger partial charge in [-0.25, -0.2) is 0 Å². The average molecular weight is 284 g/mol. The number of methoxy groups -OCH3 is 1. The van der Waals surface area contributed by atoms with E-state index in [-0.39, 0.29) is 29.5 Å². The van der Waals surface area contributed by atoms with Crippen molar-refractivity contribution in [3.8, 4) is 5.75 Å². The molecule has 0 aliphatic rings. The van der Waals surface area contributed by atoms with E-state index in [1.165, 1.54) is 25.3 Å². The molecule has 0 atom stereocenters. The van der Waals surface area contributed by atoms with Crippen LogP contribution >= 0.6 is 0 Å². The van der Waals surface area contributed by atoms with Gasteiger partial charge >= 0.3 is 0 Å². The van der Waals surface area contributed by atoms with Crippen LogP contribution in [-0.2, 0) is 16.1 Å². The minimum atomic E-state index is -0.569. The molecular weight excluding hydrogens is 268 g/mol. The number of ether oxygens (including phenoxy) is 2. The number of hydrogen-bond donors (Lipinski definition) is 2. The van der Waals surface area contributed by atoms with Crippen molar-refractivity contribution in [3.05, 3.63) is 33.9 Å². The van der Waals surface area contributed by atoms with Crippen LogP contribution in [0.5, 0.6) is 5.75 Å². The van der Waals surface area contributed by atoms with Crippen molar-refractivity contribution in [3.63, 3.8) is 0 Å². The SMILES string of the molecule is COCCNC(=O)COc1ccc([N+](=O)[O-])cc1CO. The Hall–Kier alpha value is -2.19. The summed E-state index contributed by atoms with van der Waals surface area (Å²) in [5.41, 5.74) is 0.106. The van der Waals surface area contributed by atoms with Gasteiger partial charge in [0.05, 0.1) is 18.1 Å². The molecule has 0 bridgehead atoms. The summed E-state index contributed by atoms with van der Waals surface area (Å²) in [6, 6.07) is 3.81. The highest BCUT2D eigenvalue weighted by Crippen LogP contribution is 2.24. The minimum absolute atomic E-state index is 0.147. The highest BCUT2D eigenvalue weighted by atomic mass is 16.6. The first-order valence-corrected chi connectivity index (χ1v) is 5.85. The van der Waals surface area contributed by atoms with Crippen LogP contribution in [0.15, 0.2) is 18.2 Å². The number of nitrogens with zero attached hydrogens (tertiary/aromatic N) is 1. The maximum atomic E-state index is 11.4. The van der Waals surface area contributed by atoms with E-state index in [1.54, 1.807) is 0 Å². The molecule has 8 heteroatoms. The Labute approximate surface area is 115 Å². The number of benzene rings is 1. The second-order valence-electron chi connectivity index (χ2n) is 3.84. The number of hydrogen-bond acceptors (Lipinski definition) is 6. The third-order valence-electron chi connectivity index (χ3n) is 2.41. The van der Waals surface area contributed by atoms with Gasteiger partial charge in [-0.05, 0) is 6.07 Å². The molecule has 1 rings (SSSR count). The Bertz CT molecular complexity index is 477. The van der Waals surface area contributed by atoms with E-state index in [0.717, 1.165) is 0 Å². The van der Waals surface area contributed by atoms with Crippen molar-refractivity contribution in [2.45, 2.75) is 6.61 Å². The summed E-state index contributed by atoms with van der Waals surface area (Å²) in [6.07, 6.45) is 0. The molecule has 0 radical (unpaired) electrons. The zero-order valence-corrected chi connectivity index (χ0v) is 11.0. The molecule has 1 amide bonds. The van der Waals surface area contributed by atoms with Crippen LogP contribution in [0.1, 0.15) is 5.56 Å². The van der Waals surface area contributed by atoms with Crippen molar-refractivity contribution < 1.29 is 24.3 Å². The maximum absolute atomic E-state index is 11.4. The summed E-state index contributed by atoms with van der Waals surface area (Å²) < 4.78 is 9.99. The fourth-order valence-corrected chi connectivity index (χ4v) is 1.43. The summed E-state index contributed by atoms with van der Waals surface area (Å²) in [5, 5.41) is 22.3. The minimum Gasteiger partial charge on any atom is -0.483 e. The van der Waals surface area contributed by atoms with E-state index in [9.17, 15) is 14.9 Å². The van der Waals surface area contributed by atoms with Gasteiger partial charge < -0.3 is 19.9 Å². The van der Waals surface area contributed by atoms with Crippen LogP contribution in [-0.4, -0.2) is 42.8 Å². The molecular formula is C12H16N2O6. The van der Waals surface area contributed by atoms with Crippen LogP contribution in [0.4, 0.5) is 5.69 Å². The van der Waals surface area contributed by atoms with E-state index in [2.05, 4.69) is 5.32 Å². The van der Waals surface area contributed by atoms with E-state index in [4.69, 9.17) is 14.6 Å². The number of nitro benzene ring substituents is 1. The first kappa shape index (κ1) is 15.9. The Morgan fingerprint density at radius 3 is 2.85 bits per heavy atom. The Morgan fingerprint density at radius 1 is 1.50 bits per heavy atom. The van der Waals surface area contributed by atoms with Crippen molar-refractivity contribution in [1.82, 2.24) is 5.32 Å². The number of aliphatic hydroxyl groups is 1.